The van der Waals surface area contributed by atoms with Gasteiger partial charge in [-0.05, 0) is 38.5 Å². The number of likely N-dealkylation sites (tertiary alicyclic amines) is 1. The van der Waals surface area contributed by atoms with Crippen LogP contribution in [0.3, 0.4) is 0 Å². The van der Waals surface area contributed by atoms with E-state index in [9.17, 15) is 0 Å². The monoisotopic (exact) mass is 294 g/mol. The molecule has 0 amide bonds. The lowest BCUT2D eigenvalue weighted by atomic mass is 10.1. The van der Waals surface area contributed by atoms with Crippen molar-refractivity contribution in [3.63, 3.8) is 0 Å². The van der Waals surface area contributed by atoms with Crippen molar-refractivity contribution in [3.05, 3.63) is 17.7 Å². The largest absolute Gasteiger partial charge is 0.496 e. The van der Waals surface area contributed by atoms with Crippen molar-refractivity contribution in [3.8, 4) is 17.2 Å². The minimum absolute atomic E-state index is 0.701. The minimum Gasteiger partial charge on any atom is -0.496 e. The summed E-state index contributed by atoms with van der Waals surface area (Å²) in [6.07, 6.45) is 1.25. The topological polar surface area (TPSA) is 43.0 Å². The number of nitrogens with one attached hydrogen (secondary N) is 1. The first kappa shape index (κ1) is 15.9. The molecule has 1 aliphatic rings. The Morgan fingerprint density at radius 3 is 2.38 bits per heavy atom. The van der Waals surface area contributed by atoms with Gasteiger partial charge >= 0.3 is 0 Å². The first-order valence-corrected chi connectivity index (χ1v) is 7.37. The van der Waals surface area contributed by atoms with Gasteiger partial charge < -0.3 is 19.5 Å². The van der Waals surface area contributed by atoms with Gasteiger partial charge in [0.1, 0.15) is 5.75 Å². The molecule has 1 aliphatic heterocycles. The molecule has 1 aromatic carbocycles. The first-order chi connectivity index (χ1) is 10.2. The lowest BCUT2D eigenvalue weighted by molar-refractivity contribution is 0.303. The Balaban J connectivity index is 2.12. The van der Waals surface area contributed by atoms with Crippen LogP contribution >= 0.6 is 0 Å². The number of benzene rings is 1. The number of hydrogen-bond acceptors (Lipinski definition) is 5. The summed E-state index contributed by atoms with van der Waals surface area (Å²) in [7, 11) is 7.01. The SMILES string of the molecule is CNCC1CCN(Cc2cc(OC)c(OC)cc2OC)C1. The Bertz CT molecular complexity index is 465. The molecule has 1 atom stereocenters. The van der Waals surface area contributed by atoms with Crippen molar-refractivity contribution in [1.82, 2.24) is 10.2 Å². The zero-order chi connectivity index (χ0) is 15.2. The Labute approximate surface area is 127 Å². The second kappa shape index (κ2) is 7.52. The summed E-state index contributed by atoms with van der Waals surface area (Å²) in [5.74, 6) is 3.04. The fourth-order valence-electron chi connectivity index (χ4n) is 2.97. The van der Waals surface area contributed by atoms with E-state index in [2.05, 4.69) is 10.2 Å². The van der Waals surface area contributed by atoms with Gasteiger partial charge in [-0.1, -0.05) is 0 Å². The molecule has 118 valence electrons. The smallest absolute Gasteiger partial charge is 0.164 e. The van der Waals surface area contributed by atoms with E-state index in [0.29, 0.717) is 5.75 Å². The highest BCUT2D eigenvalue weighted by molar-refractivity contribution is 5.50. The highest BCUT2D eigenvalue weighted by Crippen LogP contribution is 2.35. The van der Waals surface area contributed by atoms with Gasteiger partial charge in [-0.15, -0.1) is 0 Å². The van der Waals surface area contributed by atoms with Gasteiger partial charge in [-0.3, -0.25) is 4.90 Å². The van der Waals surface area contributed by atoms with Crippen molar-refractivity contribution < 1.29 is 14.2 Å². The predicted octanol–water partition coefficient (Wildman–Crippen LogP) is 1.75. The Kier molecular flexibility index (Phi) is 5.70. The summed E-state index contributed by atoms with van der Waals surface area (Å²) in [6.45, 7) is 4.21. The Hall–Kier alpha value is -1.46. The number of ether oxygens (including phenoxy) is 3. The maximum atomic E-state index is 5.50. The molecule has 21 heavy (non-hydrogen) atoms. The molecule has 1 saturated heterocycles. The van der Waals surface area contributed by atoms with Crippen LogP contribution < -0.4 is 19.5 Å². The van der Waals surface area contributed by atoms with Crippen molar-refractivity contribution in [2.75, 3.05) is 48.0 Å². The summed E-state index contributed by atoms with van der Waals surface area (Å²) in [5, 5.41) is 3.26. The van der Waals surface area contributed by atoms with E-state index in [1.165, 1.54) is 6.42 Å². The first-order valence-electron chi connectivity index (χ1n) is 7.37. The molecule has 0 bridgehead atoms. The average molecular weight is 294 g/mol. The van der Waals surface area contributed by atoms with Crippen LogP contribution in [-0.2, 0) is 6.54 Å². The third-order valence-corrected chi connectivity index (χ3v) is 4.04. The summed E-state index contributed by atoms with van der Waals surface area (Å²) < 4.78 is 16.2. The van der Waals surface area contributed by atoms with Crippen molar-refractivity contribution in [2.45, 2.75) is 13.0 Å². The molecule has 1 N–H and O–H groups in total. The Morgan fingerprint density at radius 2 is 1.76 bits per heavy atom. The minimum atomic E-state index is 0.701. The lowest BCUT2D eigenvalue weighted by Gasteiger charge is -2.19. The number of rotatable bonds is 7. The average Bonchev–Trinajstić information content (AvgIpc) is 2.94. The molecule has 1 heterocycles. The molecule has 0 aliphatic carbocycles. The highest BCUT2D eigenvalue weighted by Gasteiger charge is 2.23. The number of nitrogens with zero attached hydrogens (tertiary/aromatic N) is 1. The van der Waals surface area contributed by atoms with E-state index in [1.54, 1.807) is 21.3 Å². The molecule has 5 heteroatoms. The second-order valence-corrected chi connectivity index (χ2v) is 5.47. The van der Waals surface area contributed by atoms with E-state index < -0.39 is 0 Å². The van der Waals surface area contributed by atoms with Gasteiger partial charge in [0, 0.05) is 24.7 Å². The molecule has 0 radical (unpaired) electrons. The van der Waals surface area contributed by atoms with E-state index >= 15 is 0 Å². The molecule has 0 saturated carbocycles. The van der Waals surface area contributed by atoms with Crippen molar-refractivity contribution in [1.29, 1.82) is 0 Å². The Morgan fingerprint density at radius 1 is 1.10 bits per heavy atom. The van der Waals surface area contributed by atoms with Crippen LogP contribution in [-0.4, -0.2) is 52.9 Å². The predicted molar refractivity (Wildman–Crippen MR) is 83.4 cm³/mol. The van der Waals surface area contributed by atoms with Gasteiger partial charge in [0.15, 0.2) is 11.5 Å². The van der Waals surface area contributed by atoms with Crippen LogP contribution in [0.15, 0.2) is 12.1 Å². The quantitative estimate of drug-likeness (QED) is 0.830. The molecule has 2 rings (SSSR count). The number of hydrogen-bond donors (Lipinski definition) is 1. The van der Waals surface area contributed by atoms with Crippen LogP contribution in [0.2, 0.25) is 0 Å². The fourth-order valence-corrected chi connectivity index (χ4v) is 2.97. The molecular formula is C16H26N2O3. The van der Waals surface area contributed by atoms with E-state index in [0.717, 1.165) is 49.2 Å². The van der Waals surface area contributed by atoms with E-state index in [-0.39, 0.29) is 0 Å². The van der Waals surface area contributed by atoms with Gasteiger partial charge in [-0.2, -0.15) is 0 Å². The standard InChI is InChI=1S/C16H26N2O3/c1-17-9-12-5-6-18(10-12)11-13-7-15(20-3)16(21-4)8-14(13)19-2/h7-8,12,17H,5-6,9-11H2,1-4H3. The maximum absolute atomic E-state index is 5.50. The fraction of sp³-hybridized carbons (Fsp3) is 0.625. The van der Waals surface area contributed by atoms with Gasteiger partial charge in [0.2, 0.25) is 0 Å². The maximum Gasteiger partial charge on any atom is 0.164 e. The van der Waals surface area contributed by atoms with Crippen LogP contribution in [0.5, 0.6) is 17.2 Å². The van der Waals surface area contributed by atoms with Crippen LogP contribution in [0.4, 0.5) is 0 Å². The summed E-state index contributed by atoms with van der Waals surface area (Å²) in [5.41, 5.74) is 1.14. The molecule has 0 aromatic heterocycles. The van der Waals surface area contributed by atoms with Crippen LogP contribution in [0, 0.1) is 5.92 Å². The van der Waals surface area contributed by atoms with Crippen molar-refractivity contribution >= 4 is 0 Å². The molecule has 1 fully saturated rings. The summed E-state index contributed by atoms with van der Waals surface area (Å²) >= 11 is 0. The van der Waals surface area contributed by atoms with Gasteiger partial charge in [-0.25, -0.2) is 0 Å². The number of methoxy groups -OCH3 is 3. The van der Waals surface area contributed by atoms with Crippen LogP contribution in [0.25, 0.3) is 0 Å². The molecule has 0 spiro atoms. The highest BCUT2D eigenvalue weighted by atomic mass is 16.5. The molecule has 1 aromatic rings. The second-order valence-electron chi connectivity index (χ2n) is 5.47. The summed E-state index contributed by atoms with van der Waals surface area (Å²) in [6, 6.07) is 3.92. The van der Waals surface area contributed by atoms with E-state index in [4.69, 9.17) is 14.2 Å². The summed E-state index contributed by atoms with van der Waals surface area (Å²) in [4.78, 5) is 2.46. The normalized spacial score (nSPS) is 18.8. The zero-order valence-electron chi connectivity index (χ0n) is 13.4. The van der Waals surface area contributed by atoms with E-state index in [1.807, 2.05) is 19.2 Å². The molecule has 1 unspecified atom stereocenters. The molecular weight excluding hydrogens is 268 g/mol. The lowest BCUT2D eigenvalue weighted by Crippen LogP contribution is -2.24. The molecule has 5 nitrogen and oxygen atoms in total. The third kappa shape index (κ3) is 3.80. The van der Waals surface area contributed by atoms with Crippen molar-refractivity contribution in [2.24, 2.45) is 5.92 Å². The van der Waals surface area contributed by atoms with Gasteiger partial charge in [0.05, 0.1) is 21.3 Å². The zero-order valence-corrected chi connectivity index (χ0v) is 13.4. The third-order valence-electron chi connectivity index (χ3n) is 4.04. The van der Waals surface area contributed by atoms with Gasteiger partial charge in [0.25, 0.3) is 0 Å². The van der Waals surface area contributed by atoms with Crippen LogP contribution in [0.1, 0.15) is 12.0 Å².